The Bertz CT molecular complexity index is 1000. The molecule has 0 saturated heterocycles. The lowest BCUT2D eigenvalue weighted by atomic mass is 9.93. The molecule has 4 rings (SSSR count). The number of benzene rings is 2. The Labute approximate surface area is 169 Å². The van der Waals surface area contributed by atoms with Gasteiger partial charge in [-0.05, 0) is 17.7 Å². The standard InChI is InChI=1S/C22H22N4O3/c1-14(15-8-4-3-5-9-15)16-12-17(25-24-16)21(27)23-18-13-29-20-11-7-6-10-19(20)26(2)22(18)28/h3-11,14,18H,12-13H2,1-2H3,(H,23,27)/t14-,18+/m1/s1. The minimum absolute atomic E-state index is 0.0628. The fourth-order valence-electron chi connectivity index (χ4n) is 3.46. The van der Waals surface area contributed by atoms with Gasteiger partial charge in [0.15, 0.2) is 0 Å². The van der Waals surface area contributed by atoms with Crippen LogP contribution in [0.2, 0.25) is 0 Å². The smallest absolute Gasteiger partial charge is 0.268 e. The van der Waals surface area contributed by atoms with Crippen molar-refractivity contribution in [2.75, 3.05) is 18.6 Å². The third kappa shape index (κ3) is 3.76. The van der Waals surface area contributed by atoms with Gasteiger partial charge in [0.25, 0.3) is 11.8 Å². The van der Waals surface area contributed by atoms with E-state index >= 15 is 0 Å². The van der Waals surface area contributed by atoms with Crippen molar-refractivity contribution in [3.63, 3.8) is 0 Å². The predicted octanol–water partition coefficient (Wildman–Crippen LogP) is 2.53. The fraction of sp³-hybridized carbons (Fsp3) is 0.273. The van der Waals surface area contributed by atoms with Crippen molar-refractivity contribution in [1.29, 1.82) is 0 Å². The zero-order valence-corrected chi connectivity index (χ0v) is 16.3. The van der Waals surface area contributed by atoms with Crippen molar-refractivity contribution >= 4 is 28.9 Å². The van der Waals surface area contributed by atoms with Gasteiger partial charge in [-0.1, -0.05) is 49.4 Å². The predicted molar refractivity (Wildman–Crippen MR) is 112 cm³/mol. The summed E-state index contributed by atoms with van der Waals surface area (Å²) in [5.41, 5.74) is 2.93. The first-order valence-electron chi connectivity index (χ1n) is 9.53. The van der Waals surface area contributed by atoms with E-state index in [0.717, 1.165) is 11.3 Å². The van der Waals surface area contributed by atoms with Crippen LogP contribution in [0.4, 0.5) is 5.69 Å². The van der Waals surface area contributed by atoms with Gasteiger partial charge < -0.3 is 15.0 Å². The third-order valence-corrected chi connectivity index (χ3v) is 5.28. The highest BCUT2D eigenvalue weighted by molar-refractivity contribution is 6.43. The molecular weight excluding hydrogens is 368 g/mol. The number of fused-ring (bicyclic) bond motifs is 1. The Morgan fingerprint density at radius 2 is 1.86 bits per heavy atom. The summed E-state index contributed by atoms with van der Waals surface area (Å²) in [5.74, 6) is 0.0420. The highest BCUT2D eigenvalue weighted by Gasteiger charge is 2.32. The van der Waals surface area contributed by atoms with E-state index in [1.165, 1.54) is 4.90 Å². The van der Waals surface area contributed by atoms with Crippen LogP contribution < -0.4 is 15.0 Å². The van der Waals surface area contributed by atoms with Gasteiger partial charge in [0.05, 0.1) is 11.4 Å². The summed E-state index contributed by atoms with van der Waals surface area (Å²) in [5, 5.41) is 11.0. The van der Waals surface area contributed by atoms with Gasteiger partial charge in [0.1, 0.15) is 24.1 Å². The molecule has 2 heterocycles. The highest BCUT2D eigenvalue weighted by atomic mass is 16.5. The first-order valence-corrected chi connectivity index (χ1v) is 9.53. The van der Waals surface area contributed by atoms with Gasteiger partial charge in [-0.2, -0.15) is 5.10 Å². The quantitative estimate of drug-likeness (QED) is 0.871. The minimum Gasteiger partial charge on any atom is -0.489 e. The Morgan fingerprint density at radius 3 is 2.66 bits per heavy atom. The van der Waals surface area contributed by atoms with Crippen LogP contribution in [0.25, 0.3) is 0 Å². The number of anilines is 1. The molecule has 0 bridgehead atoms. The monoisotopic (exact) mass is 390 g/mol. The number of carbonyl (C=O) groups is 2. The second kappa shape index (κ2) is 7.87. The lowest BCUT2D eigenvalue weighted by Gasteiger charge is -2.20. The maximum absolute atomic E-state index is 12.8. The van der Waals surface area contributed by atoms with E-state index < -0.39 is 11.9 Å². The number of nitrogens with zero attached hydrogens (tertiary/aromatic N) is 3. The van der Waals surface area contributed by atoms with Crippen LogP contribution in [0.1, 0.15) is 24.8 Å². The molecule has 2 amide bonds. The summed E-state index contributed by atoms with van der Waals surface area (Å²) < 4.78 is 5.74. The molecule has 2 aromatic carbocycles. The summed E-state index contributed by atoms with van der Waals surface area (Å²) in [6.45, 7) is 2.10. The van der Waals surface area contributed by atoms with Gasteiger partial charge in [0.2, 0.25) is 0 Å². The van der Waals surface area contributed by atoms with Crippen LogP contribution in [0.5, 0.6) is 5.75 Å². The van der Waals surface area contributed by atoms with E-state index in [1.54, 1.807) is 13.1 Å². The van der Waals surface area contributed by atoms with E-state index in [-0.39, 0.29) is 18.4 Å². The summed E-state index contributed by atoms with van der Waals surface area (Å²) in [7, 11) is 1.67. The number of likely N-dealkylation sites (N-methyl/N-ethyl adjacent to an activating group) is 1. The van der Waals surface area contributed by atoms with Crippen molar-refractivity contribution in [2.24, 2.45) is 10.2 Å². The lowest BCUT2D eigenvalue weighted by molar-refractivity contribution is -0.124. The summed E-state index contributed by atoms with van der Waals surface area (Å²) >= 11 is 0. The van der Waals surface area contributed by atoms with Gasteiger partial charge in [0, 0.05) is 19.4 Å². The summed E-state index contributed by atoms with van der Waals surface area (Å²) in [6.07, 6.45) is 0.361. The van der Waals surface area contributed by atoms with Gasteiger partial charge in [-0.3, -0.25) is 9.59 Å². The Morgan fingerprint density at radius 1 is 1.14 bits per heavy atom. The zero-order chi connectivity index (χ0) is 20.4. The number of hydrogen-bond donors (Lipinski definition) is 1. The largest absolute Gasteiger partial charge is 0.489 e. The number of para-hydroxylation sites is 2. The zero-order valence-electron chi connectivity index (χ0n) is 16.3. The molecule has 2 aliphatic rings. The molecule has 29 heavy (non-hydrogen) atoms. The molecule has 0 unspecified atom stereocenters. The molecule has 0 fully saturated rings. The Hall–Kier alpha value is -3.48. The topological polar surface area (TPSA) is 83.4 Å². The number of ether oxygens (including phenoxy) is 1. The molecule has 2 aromatic rings. The second-order valence-electron chi connectivity index (χ2n) is 7.15. The molecule has 0 radical (unpaired) electrons. The van der Waals surface area contributed by atoms with Crippen molar-refractivity contribution in [3.05, 3.63) is 60.2 Å². The van der Waals surface area contributed by atoms with Crippen LogP contribution in [0.3, 0.4) is 0 Å². The average molecular weight is 390 g/mol. The van der Waals surface area contributed by atoms with Gasteiger partial charge >= 0.3 is 0 Å². The minimum atomic E-state index is -0.793. The number of rotatable bonds is 4. The van der Waals surface area contributed by atoms with Crippen LogP contribution in [-0.2, 0) is 9.59 Å². The van der Waals surface area contributed by atoms with Crippen molar-refractivity contribution in [1.82, 2.24) is 5.32 Å². The first kappa shape index (κ1) is 18.9. The summed E-state index contributed by atoms with van der Waals surface area (Å²) in [4.78, 5) is 27.0. The SMILES string of the molecule is C[C@@H](C1=NN=C(C(=O)N[C@H]2COc3ccccc3N(C)C2=O)C1)c1ccccc1. The molecule has 7 nitrogen and oxygen atoms in total. The van der Waals surface area contributed by atoms with E-state index in [4.69, 9.17) is 4.74 Å². The number of hydrogen-bond acceptors (Lipinski definition) is 5. The lowest BCUT2D eigenvalue weighted by Crippen LogP contribution is -2.51. The number of amides is 2. The van der Waals surface area contributed by atoms with E-state index in [1.807, 2.05) is 55.5 Å². The average Bonchev–Trinajstić information content (AvgIpc) is 3.22. The van der Waals surface area contributed by atoms with E-state index in [2.05, 4.69) is 15.5 Å². The van der Waals surface area contributed by atoms with Crippen molar-refractivity contribution < 1.29 is 14.3 Å². The second-order valence-corrected chi connectivity index (χ2v) is 7.15. The van der Waals surface area contributed by atoms with Crippen LogP contribution >= 0.6 is 0 Å². The van der Waals surface area contributed by atoms with E-state index in [9.17, 15) is 9.59 Å². The fourth-order valence-corrected chi connectivity index (χ4v) is 3.46. The Kier molecular flexibility index (Phi) is 5.12. The van der Waals surface area contributed by atoms with E-state index in [0.29, 0.717) is 23.6 Å². The molecule has 7 heteroatoms. The normalized spacial score (nSPS) is 19.4. The van der Waals surface area contributed by atoms with Crippen molar-refractivity contribution in [2.45, 2.75) is 25.3 Å². The number of nitrogens with one attached hydrogen (secondary N) is 1. The summed E-state index contributed by atoms with van der Waals surface area (Å²) in [6, 6.07) is 16.5. The highest BCUT2D eigenvalue weighted by Crippen LogP contribution is 2.30. The maximum Gasteiger partial charge on any atom is 0.268 e. The van der Waals surface area contributed by atoms with Crippen molar-refractivity contribution in [3.8, 4) is 5.75 Å². The molecule has 0 spiro atoms. The van der Waals surface area contributed by atoms with Gasteiger partial charge in [-0.15, -0.1) is 5.10 Å². The molecule has 0 saturated carbocycles. The van der Waals surface area contributed by atoms with Crippen LogP contribution in [0.15, 0.2) is 64.8 Å². The molecular formula is C22H22N4O3. The first-order chi connectivity index (χ1) is 14.0. The molecule has 0 aromatic heterocycles. The maximum atomic E-state index is 12.8. The third-order valence-electron chi connectivity index (χ3n) is 5.28. The Balaban J connectivity index is 1.40. The number of carbonyl (C=O) groups excluding carboxylic acids is 2. The van der Waals surface area contributed by atoms with Crippen LogP contribution in [0, 0.1) is 0 Å². The van der Waals surface area contributed by atoms with Gasteiger partial charge in [-0.25, -0.2) is 0 Å². The molecule has 1 N–H and O–H groups in total. The van der Waals surface area contributed by atoms with Crippen LogP contribution in [-0.4, -0.2) is 42.9 Å². The molecule has 148 valence electrons. The molecule has 2 aliphatic heterocycles. The molecule has 0 aliphatic carbocycles. The molecule has 2 atom stereocenters.